The molecule has 2 aromatic rings. The largest absolute Gasteiger partial charge is 0.397 e. The zero-order valence-electron chi connectivity index (χ0n) is 14.4. The van der Waals surface area contributed by atoms with Crippen LogP contribution in [0.3, 0.4) is 0 Å². The Hall–Kier alpha value is -1.28. The molecule has 0 aromatic heterocycles. The van der Waals surface area contributed by atoms with E-state index in [4.69, 9.17) is 5.73 Å². The fourth-order valence-electron chi connectivity index (χ4n) is 2.44. The number of para-hydroxylation sites is 1. The third kappa shape index (κ3) is 3.55. The number of rotatable bonds is 1. The quantitative estimate of drug-likeness (QED) is 0.594. The van der Waals surface area contributed by atoms with Crippen LogP contribution in [0.15, 0.2) is 40.9 Å². The fourth-order valence-corrected chi connectivity index (χ4v) is 2.80. The molecule has 2 N–H and O–H groups in total. The SMILES string of the molecule is CC(C)(C)c1cc(-c2cccc(Br)c2N)cc(C(C)(C)C)c1. The molecule has 118 valence electrons. The highest BCUT2D eigenvalue weighted by Gasteiger charge is 2.21. The van der Waals surface area contributed by atoms with E-state index in [0.717, 1.165) is 15.7 Å². The van der Waals surface area contributed by atoms with E-state index in [0.29, 0.717) is 0 Å². The summed E-state index contributed by atoms with van der Waals surface area (Å²) in [6.07, 6.45) is 0. The number of nitrogens with two attached hydrogens (primary N) is 1. The Morgan fingerprint density at radius 3 is 1.77 bits per heavy atom. The number of anilines is 1. The predicted octanol–water partition coefficient (Wildman–Crippen LogP) is 6.29. The number of hydrogen-bond donors (Lipinski definition) is 1. The highest BCUT2D eigenvalue weighted by atomic mass is 79.9. The van der Waals surface area contributed by atoms with Crippen molar-refractivity contribution in [1.29, 1.82) is 0 Å². The van der Waals surface area contributed by atoms with Gasteiger partial charge in [-0.3, -0.25) is 0 Å². The van der Waals surface area contributed by atoms with Gasteiger partial charge in [-0.1, -0.05) is 71.9 Å². The Morgan fingerprint density at radius 2 is 1.32 bits per heavy atom. The predicted molar refractivity (Wildman–Crippen MR) is 101 cm³/mol. The van der Waals surface area contributed by atoms with E-state index in [-0.39, 0.29) is 10.8 Å². The summed E-state index contributed by atoms with van der Waals surface area (Å²) in [6, 6.07) is 13.0. The highest BCUT2D eigenvalue weighted by Crippen LogP contribution is 2.37. The molecule has 0 aliphatic carbocycles. The Kier molecular flexibility index (Phi) is 4.45. The van der Waals surface area contributed by atoms with E-state index in [1.54, 1.807) is 0 Å². The molecular weight excluding hydrogens is 334 g/mol. The number of benzene rings is 2. The van der Waals surface area contributed by atoms with Crippen molar-refractivity contribution in [1.82, 2.24) is 0 Å². The topological polar surface area (TPSA) is 26.0 Å². The molecule has 2 aromatic carbocycles. The van der Waals surface area contributed by atoms with Gasteiger partial charge in [0.05, 0.1) is 5.69 Å². The molecular formula is C20H26BrN. The molecule has 22 heavy (non-hydrogen) atoms. The summed E-state index contributed by atoms with van der Waals surface area (Å²) in [4.78, 5) is 0. The summed E-state index contributed by atoms with van der Waals surface area (Å²) >= 11 is 3.53. The Balaban J connectivity index is 2.73. The van der Waals surface area contributed by atoms with E-state index in [1.807, 2.05) is 12.1 Å². The van der Waals surface area contributed by atoms with Crippen LogP contribution in [0.4, 0.5) is 5.69 Å². The number of halogens is 1. The summed E-state index contributed by atoms with van der Waals surface area (Å²) in [7, 11) is 0. The van der Waals surface area contributed by atoms with Gasteiger partial charge in [-0.25, -0.2) is 0 Å². The fraction of sp³-hybridized carbons (Fsp3) is 0.400. The molecule has 0 aliphatic heterocycles. The van der Waals surface area contributed by atoms with Crippen LogP contribution in [0.2, 0.25) is 0 Å². The first-order valence-corrected chi connectivity index (χ1v) is 8.50. The van der Waals surface area contributed by atoms with Gasteiger partial charge < -0.3 is 5.73 Å². The van der Waals surface area contributed by atoms with E-state index in [1.165, 1.54) is 16.7 Å². The normalized spacial score (nSPS) is 12.5. The molecule has 0 aliphatic rings. The maximum absolute atomic E-state index is 6.29. The average Bonchev–Trinajstić information content (AvgIpc) is 2.39. The van der Waals surface area contributed by atoms with Crippen molar-refractivity contribution in [2.75, 3.05) is 5.73 Å². The van der Waals surface area contributed by atoms with Gasteiger partial charge in [-0.05, 0) is 49.5 Å². The lowest BCUT2D eigenvalue weighted by Gasteiger charge is -2.26. The third-order valence-electron chi connectivity index (χ3n) is 4.03. The van der Waals surface area contributed by atoms with Crippen molar-refractivity contribution in [2.45, 2.75) is 52.4 Å². The van der Waals surface area contributed by atoms with Gasteiger partial charge in [-0.2, -0.15) is 0 Å². The Labute approximate surface area is 143 Å². The molecule has 0 heterocycles. The molecule has 0 spiro atoms. The molecule has 0 fully saturated rings. The smallest absolute Gasteiger partial charge is 0.0538 e. The molecule has 0 radical (unpaired) electrons. The summed E-state index contributed by atoms with van der Waals surface area (Å²) in [5.74, 6) is 0. The summed E-state index contributed by atoms with van der Waals surface area (Å²) in [5.41, 5.74) is 12.3. The molecule has 0 saturated heterocycles. The Morgan fingerprint density at radius 1 is 0.818 bits per heavy atom. The molecule has 2 heteroatoms. The second kappa shape index (κ2) is 5.73. The summed E-state index contributed by atoms with van der Waals surface area (Å²) in [5, 5.41) is 0. The van der Waals surface area contributed by atoms with E-state index in [9.17, 15) is 0 Å². The van der Waals surface area contributed by atoms with Crippen molar-refractivity contribution >= 4 is 21.6 Å². The van der Waals surface area contributed by atoms with E-state index in [2.05, 4.69) is 81.7 Å². The summed E-state index contributed by atoms with van der Waals surface area (Å²) in [6.45, 7) is 13.5. The van der Waals surface area contributed by atoms with Crippen LogP contribution in [0.25, 0.3) is 11.1 Å². The minimum Gasteiger partial charge on any atom is -0.397 e. The second-order valence-corrected chi connectivity index (χ2v) is 8.85. The first kappa shape index (κ1) is 17.1. The van der Waals surface area contributed by atoms with Crippen LogP contribution >= 0.6 is 15.9 Å². The van der Waals surface area contributed by atoms with Crippen LogP contribution in [-0.2, 0) is 10.8 Å². The van der Waals surface area contributed by atoms with Gasteiger partial charge >= 0.3 is 0 Å². The van der Waals surface area contributed by atoms with Gasteiger partial charge in [0, 0.05) is 10.0 Å². The maximum Gasteiger partial charge on any atom is 0.0538 e. The lowest BCUT2D eigenvalue weighted by Crippen LogP contribution is -2.16. The zero-order valence-corrected chi connectivity index (χ0v) is 16.0. The molecule has 0 bridgehead atoms. The van der Waals surface area contributed by atoms with Crippen molar-refractivity contribution in [2.24, 2.45) is 0 Å². The van der Waals surface area contributed by atoms with Crippen LogP contribution in [0.1, 0.15) is 52.7 Å². The minimum atomic E-state index is 0.108. The lowest BCUT2D eigenvalue weighted by atomic mass is 9.79. The van der Waals surface area contributed by atoms with Gasteiger partial charge in [0.15, 0.2) is 0 Å². The van der Waals surface area contributed by atoms with Crippen molar-refractivity contribution in [3.8, 4) is 11.1 Å². The molecule has 2 rings (SSSR count). The monoisotopic (exact) mass is 359 g/mol. The summed E-state index contributed by atoms with van der Waals surface area (Å²) < 4.78 is 0.948. The zero-order chi connectivity index (χ0) is 16.7. The highest BCUT2D eigenvalue weighted by molar-refractivity contribution is 9.10. The first-order valence-electron chi connectivity index (χ1n) is 7.70. The van der Waals surface area contributed by atoms with Crippen LogP contribution in [0, 0.1) is 0 Å². The van der Waals surface area contributed by atoms with Crippen LogP contribution in [0.5, 0.6) is 0 Å². The van der Waals surface area contributed by atoms with E-state index >= 15 is 0 Å². The molecule has 0 amide bonds. The first-order chi connectivity index (χ1) is 10.00. The van der Waals surface area contributed by atoms with Crippen molar-refractivity contribution < 1.29 is 0 Å². The van der Waals surface area contributed by atoms with Crippen molar-refractivity contribution in [3.63, 3.8) is 0 Å². The van der Waals surface area contributed by atoms with Gasteiger partial charge in [0.2, 0.25) is 0 Å². The molecule has 1 nitrogen and oxygen atoms in total. The Bertz CT molecular complexity index is 656. The molecule has 0 atom stereocenters. The molecule has 0 unspecified atom stereocenters. The van der Waals surface area contributed by atoms with Gasteiger partial charge in [0.25, 0.3) is 0 Å². The van der Waals surface area contributed by atoms with E-state index < -0.39 is 0 Å². The molecule has 0 saturated carbocycles. The minimum absolute atomic E-state index is 0.108. The average molecular weight is 360 g/mol. The maximum atomic E-state index is 6.29. The number of nitrogen functional groups attached to an aromatic ring is 1. The third-order valence-corrected chi connectivity index (χ3v) is 4.72. The number of hydrogen-bond acceptors (Lipinski definition) is 1. The van der Waals surface area contributed by atoms with Gasteiger partial charge in [-0.15, -0.1) is 0 Å². The van der Waals surface area contributed by atoms with Gasteiger partial charge in [0.1, 0.15) is 0 Å². The lowest BCUT2D eigenvalue weighted by molar-refractivity contribution is 0.569. The van der Waals surface area contributed by atoms with Crippen LogP contribution < -0.4 is 5.73 Å². The van der Waals surface area contributed by atoms with Crippen molar-refractivity contribution in [3.05, 3.63) is 52.0 Å². The second-order valence-electron chi connectivity index (χ2n) is 8.00. The van der Waals surface area contributed by atoms with Crippen LogP contribution in [-0.4, -0.2) is 0 Å². The standard InChI is InChI=1S/C20H26BrN/c1-19(2,3)14-10-13(11-15(12-14)20(4,5)6)16-8-7-9-17(21)18(16)22/h7-12H,22H2,1-6H3.